The minimum Gasteiger partial charge on any atom is -0.351 e. The Morgan fingerprint density at radius 3 is 2.23 bits per heavy atom. The van der Waals surface area contributed by atoms with Gasteiger partial charge < -0.3 is 5.32 Å². The minimum atomic E-state index is -4.80. The van der Waals surface area contributed by atoms with Crippen LogP contribution in [-0.2, 0) is 26.0 Å². The largest absolute Gasteiger partial charge is 0.416 e. The van der Waals surface area contributed by atoms with Crippen LogP contribution in [-0.4, -0.2) is 63.6 Å². The lowest BCUT2D eigenvalue weighted by Crippen LogP contribution is -2.50. The fourth-order valence-corrected chi connectivity index (χ4v) is 5.10. The SMILES string of the molecule is O=C(NC(CCF)CCF)C(c1ccccc1Cl)N(C(=O)CNS(=O)(=O)N1CC1)c1cccc(C(F)(F)F)c1. The number of nitrogens with one attached hydrogen (secondary N) is 2. The minimum absolute atomic E-state index is 0.00419. The van der Waals surface area contributed by atoms with Crippen molar-refractivity contribution in [2.75, 3.05) is 37.9 Å². The maximum absolute atomic E-state index is 13.6. The Morgan fingerprint density at radius 2 is 1.67 bits per heavy atom. The summed E-state index contributed by atoms with van der Waals surface area (Å²) >= 11 is 6.33. The predicted molar refractivity (Wildman–Crippen MR) is 135 cm³/mol. The lowest BCUT2D eigenvalue weighted by molar-refractivity contribution is -0.137. The van der Waals surface area contributed by atoms with Gasteiger partial charge >= 0.3 is 6.18 Å². The number of rotatable bonds is 13. The predicted octanol–water partition coefficient (Wildman–Crippen LogP) is 3.79. The molecule has 1 fully saturated rings. The van der Waals surface area contributed by atoms with Gasteiger partial charge in [-0.2, -0.15) is 30.6 Å². The van der Waals surface area contributed by atoms with Crippen LogP contribution in [0.15, 0.2) is 48.5 Å². The van der Waals surface area contributed by atoms with Crippen molar-refractivity contribution < 1.29 is 40.0 Å². The smallest absolute Gasteiger partial charge is 0.351 e. The van der Waals surface area contributed by atoms with Crippen LogP contribution in [0.4, 0.5) is 27.6 Å². The first-order chi connectivity index (χ1) is 18.4. The number of nitrogens with zero attached hydrogens (tertiary/aromatic N) is 2. The first-order valence-electron chi connectivity index (χ1n) is 11.8. The number of amides is 2. The van der Waals surface area contributed by atoms with Gasteiger partial charge in [-0.15, -0.1) is 0 Å². The molecule has 1 aliphatic heterocycles. The van der Waals surface area contributed by atoms with E-state index in [4.69, 9.17) is 11.6 Å². The molecule has 1 aliphatic rings. The van der Waals surface area contributed by atoms with Crippen molar-refractivity contribution in [1.82, 2.24) is 14.3 Å². The van der Waals surface area contributed by atoms with Gasteiger partial charge in [-0.05, 0) is 37.1 Å². The average molecular weight is 597 g/mol. The van der Waals surface area contributed by atoms with Crippen LogP contribution in [0.3, 0.4) is 0 Å². The molecule has 0 aromatic heterocycles. The number of hydrogen-bond donors (Lipinski definition) is 2. The number of alkyl halides is 5. The molecule has 8 nitrogen and oxygen atoms in total. The second-order valence-corrected chi connectivity index (χ2v) is 10.8. The Hall–Kier alpha value is -2.81. The summed E-state index contributed by atoms with van der Waals surface area (Å²) in [4.78, 5) is 27.8. The van der Waals surface area contributed by atoms with E-state index in [1.54, 1.807) is 0 Å². The Morgan fingerprint density at radius 1 is 1.03 bits per heavy atom. The number of anilines is 1. The molecule has 2 amide bonds. The maximum Gasteiger partial charge on any atom is 0.416 e. The molecule has 1 saturated heterocycles. The van der Waals surface area contributed by atoms with Gasteiger partial charge in [0.2, 0.25) is 11.8 Å². The molecule has 2 N–H and O–H groups in total. The molecular weight excluding hydrogens is 571 g/mol. The number of halogens is 6. The highest BCUT2D eigenvalue weighted by Crippen LogP contribution is 2.36. The third-order valence-electron chi connectivity index (χ3n) is 5.84. The van der Waals surface area contributed by atoms with Crippen LogP contribution in [0.1, 0.15) is 30.0 Å². The van der Waals surface area contributed by atoms with Crippen molar-refractivity contribution >= 4 is 39.3 Å². The summed E-state index contributed by atoms with van der Waals surface area (Å²) in [6, 6.07) is 6.59. The third-order valence-corrected chi connectivity index (χ3v) is 7.74. The van der Waals surface area contributed by atoms with Crippen LogP contribution in [0.2, 0.25) is 5.02 Å². The summed E-state index contributed by atoms with van der Waals surface area (Å²) in [5.41, 5.74) is -1.52. The normalized spacial score (nSPS) is 14.7. The van der Waals surface area contributed by atoms with Gasteiger partial charge in [0.25, 0.3) is 10.2 Å². The van der Waals surface area contributed by atoms with E-state index < -0.39 is 65.7 Å². The summed E-state index contributed by atoms with van der Waals surface area (Å²) in [5, 5.41) is 2.43. The van der Waals surface area contributed by atoms with Crippen LogP contribution in [0, 0.1) is 0 Å². The Labute approximate surface area is 227 Å². The van der Waals surface area contributed by atoms with Crippen LogP contribution < -0.4 is 14.9 Å². The van der Waals surface area contributed by atoms with Crippen LogP contribution >= 0.6 is 11.6 Å². The number of hydrogen-bond acceptors (Lipinski definition) is 4. The van der Waals surface area contributed by atoms with Gasteiger partial charge in [-0.1, -0.05) is 35.9 Å². The monoisotopic (exact) mass is 596 g/mol. The van der Waals surface area contributed by atoms with Gasteiger partial charge in [0.05, 0.1) is 25.5 Å². The third kappa shape index (κ3) is 8.10. The fourth-order valence-electron chi connectivity index (χ4n) is 3.81. The molecule has 1 heterocycles. The van der Waals surface area contributed by atoms with Crippen LogP contribution in [0.5, 0.6) is 0 Å². The van der Waals surface area contributed by atoms with Gasteiger partial charge in [0.15, 0.2) is 0 Å². The molecule has 39 heavy (non-hydrogen) atoms. The zero-order valence-corrected chi connectivity index (χ0v) is 22.0. The van der Waals surface area contributed by atoms with E-state index in [-0.39, 0.29) is 42.2 Å². The van der Waals surface area contributed by atoms with E-state index in [9.17, 15) is 40.0 Å². The first-order valence-corrected chi connectivity index (χ1v) is 13.6. The van der Waals surface area contributed by atoms with E-state index >= 15 is 0 Å². The molecule has 0 bridgehead atoms. The molecule has 0 spiro atoms. The van der Waals surface area contributed by atoms with Crippen molar-refractivity contribution in [3.63, 3.8) is 0 Å². The Balaban J connectivity index is 2.12. The van der Waals surface area contributed by atoms with Crippen molar-refractivity contribution in [2.24, 2.45) is 0 Å². The molecule has 0 radical (unpaired) electrons. The van der Waals surface area contributed by atoms with Gasteiger partial charge in [-0.25, -0.2) is 0 Å². The van der Waals surface area contributed by atoms with Crippen molar-refractivity contribution in [3.8, 4) is 0 Å². The van der Waals surface area contributed by atoms with E-state index in [0.717, 1.165) is 22.5 Å². The summed E-state index contributed by atoms with van der Waals surface area (Å²) in [5.74, 6) is -2.05. The van der Waals surface area contributed by atoms with E-state index in [1.165, 1.54) is 24.3 Å². The highest BCUT2D eigenvalue weighted by atomic mass is 35.5. The average Bonchev–Trinajstić information content (AvgIpc) is 3.73. The van der Waals surface area contributed by atoms with E-state index in [0.29, 0.717) is 11.0 Å². The summed E-state index contributed by atoms with van der Waals surface area (Å²) in [7, 11) is -4.04. The lowest BCUT2D eigenvalue weighted by Gasteiger charge is -2.33. The zero-order chi connectivity index (χ0) is 28.8. The Bertz CT molecular complexity index is 1270. The second-order valence-electron chi connectivity index (χ2n) is 8.62. The molecule has 15 heteroatoms. The lowest BCUT2D eigenvalue weighted by atomic mass is 10.0. The highest BCUT2D eigenvalue weighted by molar-refractivity contribution is 7.87. The molecule has 2 aromatic carbocycles. The quantitative estimate of drug-likeness (QED) is 0.272. The molecule has 0 saturated carbocycles. The summed E-state index contributed by atoms with van der Waals surface area (Å²) < 4.78 is 94.4. The number of carbonyl (C=O) groups excluding carboxylic acids is 2. The second kappa shape index (κ2) is 13.0. The van der Waals surface area contributed by atoms with E-state index in [2.05, 4.69) is 10.0 Å². The van der Waals surface area contributed by atoms with Crippen molar-refractivity contribution in [2.45, 2.75) is 31.1 Å². The summed E-state index contributed by atoms with van der Waals surface area (Å²) in [6.45, 7) is -2.22. The van der Waals surface area contributed by atoms with Gasteiger partial charge in [0.1, 0.15) is 6.04 Å². The molecular formula is C24H26ClF5N4O4S. The molecule has 1 unspecified atom stereocenters. The summed E-state index contributed by atoms with van der Waals surface area (Å²) in [6.07, 6.45) is -5.31. The fraction of sp³-hybridized carbons (Fsp3) is 0.417. The molecule has 2 aromatic rings. The van der Waals surface area contributed by atoms with Crippen LogP contribution in [0.25, 0.3) is 0 Å². The topological polar surface area (TPSA) is 98.6 Å². The number of benzene rings is 2. The molecule has 214 valence electrons. The van der Waals surface area contributed by atoms with Crippen molar-refractivity contribution in [1.29, 1.82) is 0 Å². The molecule has 3 rings (SSSR count). The highest BCUT2D eigenvalue weighted by Gasteiger charge is 2.38. The standard InChI is InChI=1S/C24H26ClF5N4O4S/c25-20-7-2-1-6-19(20)22(23(36)32-17(8-10-26)9-11-27)34(18-5-3-4-16(14-18)24(28,29)30)21(35)15-31-39(37,38)33-12-13-33/h1-7,14,17,22,31H,8-13,15H2,(H,32,36). The zero-order valence-electron chi connectivity index (χ0n) is 20.4. The van der Waals surface area contributed by atoms with Gasteiger partial charge in [0, 0.05) is 35.4 Å². The Kier molecular flexibility index (Phi) is 10.3. The van der Waals surface area contributed by atoms with E-state index in [1.807, 2.05) is 0 Å². The maximum atomic E-state index is 13.6. The first kappa shape index (κ1) is 30.7. The van der Waals surface area contributed by atoms with Crippen molar-refractivity contribution in [3.05, 3.63) is 64.7 Å². The molecule has 0 aliphatic carbocycles. The molecule has 1 atom stereocenters. The van der Waals surface area contributed by atoms with Gasteiger partial charge in [-0.3, -0.25) is 23.3 Å². The number of carbonyl (C=O) groups is 2.